The maximum absolute atomic E-state index is 11.5. The first kappa shape index (κ1) is 28.8. The lowest BCUT2D eigenvalue weighted by molar-refractivity contribution is 0.125. The molecule has 2 aliphatic rings. The number of hydrogen-bond donors (Lipinski definition) is 0. The summed E-state index contributed by atoms with van der Waals surface area (Å²) in [6.07, 6.45) is 5.96. The molecule has 3 atom stereocenters. The summed E-state index contributed by atoms with van der Waals surface area (Å²) >= 11 is 12.5. The van der Waals surface area contributed by atoms with E-state index in [1.165, 1.54) is 12.8 Å². The molecule has 38 heavy (non-hydrogen) atoms. The van der Waals surface area contributed by atoms with Gasteiger partial charge in [-0.3, -0.25) is 4.21 Å². The van der Waals surface area contributed by atoms with Crippen molar-refractivity contribution in [3.8, 4) is 6.07 Å². The number of anilines is 1. The first-order valence-electron chi connectivity index (χ1n) is 13.2. The zero-order chi connectivity index (χ0) is 27.4. The van der Waals surface area contributed by atoms with E-state index in [9.17, 15) is 9.47 Å². The van der Waals surface area contributed by atoms with Crippen LogP contribution in [0, 0.1) is 23.2 Å². The van der Waals surface area contributed by atoms with Crippen LogP contribution in [-0.4, -0.2) is 73.6 Å². The van der Waals surface area contributed by atoms with E-state index in [-0.39, 0.29) is 11.7 Å². The molecule has 3 aromatic rings. The van der Waals surface area contributed by atoms with E-state index in [0.717, 1.165) is 49.9 Å². The molecular formula is C27H35Cl2N7OS. The van der Waals surface area contributed by atoms with Gasteiger partial charge in [0.05, 0.1) is 12.2 Å². The van der Waals surface area contributed by atoms with Crippen molar-refractivity contribution in [1.82, 2.24) is 24.6 Å². The smallest absolute Gasteiger partial charge is 0.190 e. The monoisotopic (exact) mass is 575 g/mol. The number of benzene rings is 1. The summed E-state index contributed by atoms with van der Waals surface area (Å²) in [6.45, 7) is 11.0. The van der Waals surface area contributed by atoms with Gasteiger partial charge in [-0.1, -0.05) is 43.1 Å². The molecule has 0 N–H and O–H groups in total. The molecule has 0 bridgehead atoms. The Morgan fingerprint density at radius 3 is 2.66 bits per heavy atom. The summed E-state index contributed by atoms with van der Waals surface area (Å²) in [5.74, 6) is 2.81. The minimum absolute atomic E-state index is 0.248. The molecule has 2 aliphatic heterocycles. The molecule has 0 aliphatic carbocycles. The molecule has 2 fully saturated rings. The Bertz CT molecular complexity index is 1330. The molecule has 11 heteroatoms. The highest BCUT2D eigenvalue weighted by molar-refractivity contribution is 7.84. The minimum Gasteiger partial charge on any atom is -0.355 e. The van der Waals surface area contributed by atoms with Gasteiger partial charge in [0, 0.05) is 59.0 Å². The van der Waals surface area contributed by atoms with Gasteiger partial charge in [0.25, 0.3) is 0 Å². The lowest BCUT2D eigenvalue weighted by atomic mass is 9.80. The molecule has 3 unspecified atom stereocenters. The van der Waals surface area contributed by atoms with Crippen LogP contribution in [0.1, 0.15) is 50.9 Å². The molecule has 204 valence electrons. The Labute approximate surface area is 237 Å². The molecule has 4 heterocycles. The molecule has 0 saturated carbocycles. The normalized spacial score (nSPS) is 19.8. The van der Waals surface area contributed by atoms with Crippen molar-refractivity contribution in [1.29, 1.82) is 5.26 Å². The molecule has 2 aromatic heterocycles. The van der Waals surface area contributed by atoms with Crippen LogP contribution in [0.25, 0.3) is 11.2 Å². The fourth-order valence-corrected chi connectivity index (χ4v) is 6.39. The van der Waals surface area contributed by atoms with Crippen LogP contribution in [0.15, 0.2) is 24.4 Å². The number of hydrogen-bond acceptors (Lipinski definition) is 7. The van der Waals surface area contributed by atoms with E-state index in [4.69, 9.17) is 28.2 Å². The molecule has 0 radical (unpaired) electrons. The maximum Gasteiger partial charge on any atom is 0.190 e. The third-order valence-electron chi connectivity index (χ3n) is 7.41. The van der Waals surface area contributed by atoms with E-state index in [0.29, 0.717) is 33.0 Å². The topological polar surface area (TPSA) is 90.9 Å². The Hall–Kier alpha value is -2.25. The zero-order valence-electron chi connectivity index (χ0n) is 22.4. The van der Waals surface area contributed by atoms with Crippen molar-refractivity contribution in [3.05, 3.63) is 45.7 Å². The highest BCUT2D eigenvalue weighted by Crippen LogP contribution is 2.35. The quantitative estimate of drug-likeness (QED) is 0.384. The van der Waals surface area contributed by atoms with E-state index in [1.54, 1.807) is 29.3 Å². The molecule has 8 nitrogen and oxygen atoms in total. The molecule has 0 amide bonds. The number of nitrogens with zero attached hydrogens (tertiary/aromatic N) is 7. The number of halogens is 2. The van der Waals surface area contributed by atoms with Gasteiger partial charge in [-0.2, -0.15) is 10.4 Å². The van der Waals surface area contributed by atoms with Gasteiger partial charge in [-0.05, 0) is 55.8 Å². The van der Waals surface area contributed by atoms with Crippen molar-refractivity contribution in [3.63, 3.8) is 0 Å². The van der Waals surface area contributed by atoms with E-state index in [1.807, 2.05) is 26.8 Å². The van der Waals surface area contributed by atoms with Crippen LogP contribution in [0.2, 0.25) is 10.0 Å². The first-order chi connectivity index (χ1) is 18.3. The van der Waals surface area contributed by atoms with Crippen molar-refractivity contribution in [2.75, 3.05) is 49.6 Å². The number of aromatic nitrogens is 4. The summed E-state index contributed by atoms with van der Waals surface area (Å²) in [5.41, 5.74) is 2.16. The van der Waals surface area contributed by atoms with Crippen LogP contribution >= 0.6 is 23.2 Å². The van der Waals surface area contributed by atoms with E-state index < -0.39 is 10.8 Å². The predicted molar refractivity (Wildman–Crippen MR) is 155 cm³/mol. The minimum atomic E-state index is -0.744. The lowest BCUT2D eigenvalue weighted by Gasteiger charge is -2.47. The summed E-state index contributed by atoms with van der Waals surface area (Å²) < 4.78 is 13.2. The summed E-state index contributed by atoms with van der Waals surface area (Å²) in [4.78, 5) is 14.2. The highest BCUT2D eigenvalue weighted by Gasteiger charge is 2.36. The second-order valence-corrected chi connectivity index (χ2v) is 12.2. The average molecular weight is 577 g/mol. The van der Waals surface area contributed by atoms with Crippen molar-refractivity contribution in [2.45, 2.75) is 39.7 Å². The Morgan fingerprint density at radius 2 is 1.97 bits per heavy atom. The van der Waals surface area contributed by atoms with Crippen LogP contribution < -0.4 is 4.90 Å². The van der Waals surface area contributed by atoms with Gasteiger partial charge < -0.3 is 9.80 Å². The largest absolute Gasteiger partial charge is 0.355 e. The summed E-state index contributed by atoms with van der Waals surface area (Å²) in [6, 6.07) is 7.26. The Kier molecular flexibility index (Phi) is 9.64. The molecule has 1 aromatic carbocycles. The van der Waals surface area contributed by atoms with Gasteiger partial charge in [0.2, 0.25) is 0 Å². The van der Waals surface area contributed by atoms with E-state index >= 15 is 0 Å². The number of nitriles is 1. The average Bonchev–Trinajstić information content (AvgIpc) is 3.26. The van der Waals surface area contributed by atoms with Gasteiger partial charge in [0.15, 0.2) is 11.3 Å². The van der Waals surface area contributed by atoms with Crippen molar-refractivity contribution in [2.24, 2.45) is 11.8 Å². The van der Waals surface area contributed by atoms with E-state index in [2.05, 4.69) is 26.0 Å². The predicted octanol–water partition coefficient (Wildman–Crippen LogP) is 5.17. The van der Waals surface area contributed by atoms with Crippen LogP contribution in [-0.2, 0) is 10.8 Å². The summed E-state index contributed by atoms with van der Waals surface area (Å²) in [7, 11) is -0.744. The molecule has 2 saturated heterocycles. The lowest BCUT2D eigenvalue weighted by Crippen LogP contribution is -2.54. The van der Waals surface area contributed by atoms with Crippen molar-refractivity contribution >= 4 is 51.0 Å². The fraction of sp³-hybridized carbons (Fsp3) is 0.556. The molecular weight excluding hydrogens is 541 g/mol. The van der Waals surface area contributed by atoms with Crippen LogP contribution in [0.3, 0.4) is 0 Å². The van der Waals surface area contributed by atoms with Gasteiger partial charge in [-0.15, -0.1) is 0 Å². The molecule has 0 spiro atoms. The van der Waals surface area contributed by atoms with Gasteiger partial charge >= 0.3 is 0 Å². The standard InChI is InChI=1S/C25H29Cl2N7OS.C2H6/c1-16(20-6-5-19(26)10-21(20)27)34-25-24(22(11-28)31-34)29-12-23(30-25)33-14-18(15-33)17-4-3-7-32(13-17)8-9-36(2)35;1-2/h5-6,10,12,16-18H,3-4,7-9,13-15H2,1-2H3;1-2H3. The van der Waals surface area contributed by atoms with Crippen LogP contribution in [0.5, 0.6) is 0 Å². The highest BCUT2D eigenvalue weighted by atomic mass is 35.5. The zero-order valence-corrected chi connectivity index (χ0v) is 24.7. The Morgan fingerprint density at radius 1 is 1.21 bits per heavy atom. The fourth-order valence-electron chi connectivity index (χ4n) is 5.30. The third kappa shape index (κ3) is 6.15. The second kappa shape index (κ2) is 12.7. The number of piperidine rings is 1. The number of fused-ring (bicyclic) bond motifs is 1. The first-order valence-corrected chi connectivity index (χ1v) is 15.7. The third-order valence-corrected chi connectivity index (χ3v) is 8.73. The van der Waals surface area contributed by atoms with Gasteiger partial charge in [0.1, 0.15) is 17.4 Å². The molecule has 5 rings (SSSR count). The number of rotatable bonds is 7. The summed E-state index contributed by atoms with van der Waals surface area (Å²) in [5, 5.41) is 15.2. The van der Waals surface area contributed by atoms with Crippen molar-refractivity contribution < 1.29 is 4.21 Å². The SMILES string of the molecule is CC.CC(c1ccc(Cl)cc1Cl)n1nc(C#N)c2ncc(N3CC(C4CCCN(CCS(C)=O)C4)C3)nc21. The second-order valence-electron chi connectivity index (χ2n) is 9.79. The Balaban J connectivity index is 0.00000164. The van der Waals surface area contributed by atoms with Gasteiger partial charge in [-0.25, -0.2) is 14.6 Å². The number of likely N-dealkylation sites (tertiary alicyclic amines) is 1. The van der Waals surface area contributed by atoms with Crippen LogP contribution in [0.4, 0.5) is 5.82 Å². The maximum atomic E-state index is 11.5.